The van der Waals surface area contributed by atoms with Crippen molar-refractivity contribution < 1.29 is 9.53 Å². The number of carbonyl (C=O) groups is 1. The normalized spacial score (nSPS) is 17.3. The van der Waals surface area contributed by atoms with Gasteiger partial charge in [-0.3, -0.25) is 9.79 Å². The molecule has 2 unspecified atom stereocenters. The Balaban J connectivity index is 0.00000420. The van der Waals surface area contributed by atoms with Crippen LogP contribution in [-0.2, 0) is 16.1 Å². The van der Waals surface area contributed by atoms with Crippen molar-refractivity contribution in [2.75, 3.05) is 25.5 Å². The Labute approximate surface area is 192 Å². The van der Waals surface area contributed by atoms with Crippen LogP contribution in [0.1, 0.15) is 57.9 Å². The van der Waals surface area contributed by atoms with Gasteiger partial charge in [0.25, 0.3) is 5.91 Å². The summed E-state index contributed by atoms with van der Waals surface area (Å²) in [6.07, 6.45) is 6.38. The third-order valence-corrected chi connectivity index (χ3v) is 5.20. The zero-order chi connectivity index (χ0) is 20.2. The molecule has 0 radical (unpaired) electrons. The van der Waals surface area contributed by atoms with Crippen molar-refractivity contribution in [2.24, 2.45) is 10.9 Å². The van der Waals surface area contributed by atoms with Crippen LogP contribution in [0.3, 0.4) is 0 Å². The van der Waals surface area contributed by atoms with Gasteiger partial charge < -0.3 is 20.7 Å². The number of hydrogen-bond acceptors (Lipinski definition) is 3. The van der Waals surface area contributed by atoms with Gasteiger partial charge in [0.1, 0.15) is 6.10 Å². The van der Waals surface area contributed by atoms with Crippen LogP contribution in [-0.4, -0.2) is 38.2 Å². The molecule has 6 nitrogen and oxygen atoms in total. The third-order valence-electron chi connectivity index (χ3n) is 5.20. The van der Waals surface area contributed by atoms with Gasteiger partial charge in [-0.25, -0.2) is 0 Å². The Morgan fingerprint density at radius 3 is 2.79 bits per heavy atom. The zero-order valence-electron chi connectivity index (χ0n) is 18.0. The van der Waals surface area contributed by atoms with Gasteiger partial charge in [-0.2, -0.15) is 0 Å². The van der Waals surface area contributed by atoms with Crippen molar-refractivity contribution in [3.8, 4) is 0 Å². The summed E-state index contributed by atoms with van der Waals surface area (Å²) in [5, 5.41) is 9.75. The molecule has 1 aromatic carbocycles. The van der Waals surface area contributed by atoms with Crippen molar-refractivity contribution in [1.82, 2.24) is 10.6 Å². The van der Waals surface area contributed by atoms with E-state index in [9.17, 15) is 4.79 Å². The minimum atomic E-state index is -0.316. The number of unbranched alkanes of at least 4 members (excludes halogenated alkanes) is 1. The van der Waals surface area contributed by atoms with Gasteiger partial charge in [0, 0.05) is 32.4 Å². The lowest BCUT2D eigenvalue weighted by Gasteiger charge is -2.18. The minimum Gasteiger partial charge on any atom is -0.368 e. The van der Waals surface area contributed by atoms with Crippen LogP contribution in [0, 0.1) is 5.92 Å². The summed E-state index contributed by atoms with van der Waals surface area (Å²) in [7, 11) is 1.79. The van der Waals surface area contributed by atoms with E-state index in [2.05, 4.69) is 34.8 Å². The van der Waals surface area contributed by atoms with Crippen molar-refractivity contribution in [1.29, 1.82) is 0 Å². The highest BCUT2D eigenvalue weighted by molar-refractivity contribution is 14.0. The van der Waals surface area contributed by atoms with Gasteiger partial charge in [0.2, 0.25) is 0 Å². The quantitative estimate of drug-likeness (QED) is 0.246. The van der Waals surface area contributed by atoms with Crippen LogP contribution < -0.4 is 16.0 Å². The van der Waals surface area contributed by atoms with E-state index in [1.54, 1.807) is 7.05 Å². The summed E-state index contributed by atoms with van der Waals surface area (Å²) in [5.41, 5.74) is 1.89. The van der Waals surface area contributed by atoms with Crippen molar-refractivity contribution >= 4 is 41.5 Å². The Morgan fingerprint density at radius 1 is 1.31 bits per heavy atom. The molecule has 3 N–H and O–H groups in total. The molecule has 1 aliphatic rings. The molecule has 2 rings (SSSR count). The van der Waals surface area contributed by atoms with E-state index in [1.807, 2.05) is 24.3 Å². The highest BCUT2D eigenvalue weighted by Gasteiger charge is 2.23. The fourth-order valence-electron chi connectivity index (χ4n) is 3.36. The molecule has 0 aliphatic carbocycles. The first-order chi connectivity index (χ1) is 13.7. The highest BCUT2D eigenvalue weighted by Crippen LogP contribution is 2.16. The van der Waals surface area contributed by atoms with E-state index in [0.717, 1.165) is 36.6 Å². The Bertz CT molecular complexity index is 633. The summed E-state index contributed by atoms with van der Waals surface area (Å²) in [6.45, 7) is 6.74. The molecule has 1 amide bonds. The lowest BCUT2D eigenvalue weighted by atomic mass is 9.99. The smallest absolute Gasteiger partial charge is 0.253 e. The van der Waals surface area contributed by atoms with Crippen LogP contribution >= 0.6 is 24.0 Å². The van der Waals surface area contributed by atoms with Crippen LogP contribution in [0.4, 0.5) is 5.69 Å². The number of carbonyl (C=O) groups excluding carboxylic acids is 1. The maximum Gasteiger partial charge on any atom is 0.253 e. The van der Waals surface area contributed by atoms with Gasteiger partial charge in [-0.05, 0) is 42.9 Å². The number of nitrogens with zero attached hydrogens (tertiary/aromatic N) is 1. The van der Waals surface area contributed by atoms with Crippen molar-refractivity contribution in [3.05, 3.63) is 29.8 Å². The molecule has 1 heterocycles. The number of nitrogens with one attached hydrogen (secondary N) is 3. The molecule has 29 heavy (non-hydrogen) atoms. The van der Waals surface area contributed by atoms with Crippen LogP contribution in [0.15, 0.2) is 29.3 Å². The first-order valence-corrected chi connectivity index (χ1v) is 10.6. The Morgan fingerprint density at radius 2 is 2.14 bits per heavy atom. The molecule has 1 saturated heterocycles. The molecule has 0 saturated carbocycles. The summed E-state index contributed by atoms with van der Waals surface area (Å²) in [6, 6.07) is 7.89. The predicted octanol–water partition coefficient (Wildman–Crippen LogP) is 4.30. The molecule has 1 fully saturated rings. The lowest BCUT2D eigenvalue weighted by molar-refractivity contribution is -0.124. The molecule has 0 spiro atoms. The van der Waals surface area contributed by atoms with E-state index < -0.39 is 0 Å². The fraction of sp³-hybridized carbons (Fsp3) is 0.636. The highest BCUT2D eigenvalue weighted by atomic mass is 127. The molecule has 7 heteroatoms. The molecule has 2 atom stereocenters. The molecule has 1 aliphatic heterocycles. The first kappa shape index (κ1) is 25.7. The maximum atomic E-state index is 12.2. The summed E-state index contributed by atoms with van der Waals surface area (Å²) in [4.78, 5) is 16.5. The van der Waals surface area contributed by atoms with Gasteiger partial charge >= 0.3 is 0 Å². The topological polar surface area (TPSA) is 74.8 Å². The molecule has 0 aromatic heterocycles. The number of ether oxygens (including phenoxy) is 1. The van der Waals surface area contributed by atoms with E-state index >= 15 is 0 Å². The van der Waals surface area contributed by atoms with Gasteiger partial charge in [-0.1, -0.05) is 45.2 Å². The van der Waals surface area contributed by atoms with E-state index in [0.29, 0.717) is 19.1 Å². The number of rotatable bonds is 10. The number of amides is 1. The first-order valence-electron chi connectivity index (χ1n) is 10.6. The second kappa shape index (κ2) is 14.6. The molecule has 164 valence electrons. The summed E-state index contributed by atoms with van der Waals surface area (Å²) >= 11 is 0. The monoisotopic (exact) mass is 516 g/mol. The standard InChI is InChI=1S/C22H36N4O2.HI/c1-4-6-9-17(5-2)15-24-22(23-3)25-16-18-10-7-11-19(14-18)26-21(27)20-12-8-13-28-20;/h7,10-11,14,17,20H,4-6,8-9,12-13,15-16H2,1-3H3,(H,26,27)(H2,23,24,25);1H. The van der Waals surface area contributed by atoms with Crippen LogP contribution in [0.25, 0.3) is 0 Å². The Hall–Kier alpha value is -1.35. The number of anilines is 1. The molecule has 0 bridgehead atoms. The average Bonchev–Trinajstić information content (AvgIpc) is 3.25. The van der Waals surface area contributed by atoms with Crippen molar-refractivity contribution in [2.45, 2.75) is 65.0 Å². The third kappa shape index (κ3) is 9.33. The molecular formula is C22H37IN4O2. The number of benzene rings is 1. The van der Waals surface area contributed by atoms with Crippen LogP contribution in [0.2, 0.25) is 0 Å². The molecular weight excluding hydrogens is 479 g/mol. The van der Waals surface area contributed by atoms with E-state index in [4.69, 9.17) is 4.74 Å². The van der Waals surface area contributed by atoms with Gasteiger partial charge in [0.15, 0.2) is 5.96 Å². The van der Waals surface area contributed by atoms with Gasteiger partial charge in [-0.15, -0.1) is 24.0 Å². The maximum absolute atomic E-state index is 12.2. The Kier molecular flexibility index (Phi) is 12.9. The fourth-order valence-corrected chi connectivity index (χ4v) is 3.36. The number of guanidine groups is 1. The molecule has 1 aromatic rings. The second-order valence-electron chi connectivity index (χ2n) is 7.41. The SMILES string of the molecule is CCCCC(CC)CNC(=NC)NCc1cccc(NC(=O)C2CCCO2)c1.I. The second-order valence-corrected chi connectivity index (χ2v) is 7.41. The lowest BCUT2D eigenvalue weighted by Crippen LogP contribution is -2.39. The number of halogens is 1. The number of hydrogen-bond donors (Lipinski definition) is 3. The van der Waals surface area contributed by atoms with E-state index in [-0.39, 0.29) is 36.0 Å². The predicted molar refractivity (Wildman–Crippen MR) is 131 cm³/mol. The van der Waals surface area contributed by atoms with Crippen molar-refractivity contribution in [3.63, 3.8) is 0 Å². The zero-order valence-corrected chi connectivity index (χ0v) is 20.3. The summed E-state index contributed by atoms with van der Waals surface area (Å²) in [5.74, 6) is 1.43. The summed E-state index contributed by atoms with van der Waals surface area (Å²) < 4.78 is 5.44. The van der Waals surface area contributed by atoms with Crippen LogP contribution in [0.5, 0.6) is 0 Å². The van der Waals surface area contributed by atoms with E-state index in [1.165, 1.54) is 25.7 Å². The largest absolute Gasteiger partial charge is 0.368 e. The van der Waals surface area contributed by atoms with Gasteiger partial charge in [0.05, 0.1) is 0 Å². The number of aliphatic imine (C=N–C) groups is 1. The average molecular weight is 516 g/mol. The minimum absolute atomic E-state index is 0.